The van der Waals surface area contributed by atoms with E-state index < -0.39 is 0 Å². The van der Waals surface area contributed by atoms with Crippen LogP contribution in [0.2, 0.25) is 0 Å². The quantitative estimate of drug-likeness (QED) is 0.695. The van der Waals surface area contributed by atoms with E-state index in [0.717, 1.165) is 27.6 Å². The molecule has 138 valence electrons. The second kappa shape index (κ2) is 7.45. The predicted octanol–water partition coefficient (Wildman–Crippen LogP) is 4.77. The Kier molecular flexibility index (Phi) is 4.86. The Morgan fingerprint density at radius 2 is 1.93 bits per heavy atom. The van der Waals surface area contributed by atoms with E-state index in [-0.39, 0.29) is 5.91 Å². The van der Waals surface area contributed by atoms with Crippen LogP contribution < -0.4 is 15.0 Å². The van der Waals surface area contributed by atoms with Crippen LogP contribution in [0.1, 0.15) is 27.7 Å². The molecule has 1 amide bonds. The van der Waals surface area contributed by atoms with E-state index in [9.17, 15) is 4.79 Å². The lowest BCUT2D eigenvalue weighted by Gasteiger charge is -2.22. The molecule has 2 heterocycles. The van der Waals surface area contributed by atoms with Gasteiger partial charge in [-0.1, -0.05) is 36.4 Å². The molecule has 3 aromatic rings. The fraction of sp³-hybridized carbons (Fsp3) is 0.227. The van der Waals surface area contributed by atoms with Crippen LogP contribution in [0.3, 0.4) is 0 Å². The second-order valence-electron chi connectivity index (χ2n) is 6.68. The first-order valence-corrected chi connectivity index (χ1v) is 9.86. The minimum absolute atomic E-state index is 0.0581. The number of hydrogen-bond donors (Lipinski definition) is 1. The van der Waals surface area contributed by atoms with Gasteiger partial charge in [0, 0.05) is 23.8 Å². The van der Waals surface area contributed by atoms with E-state index in [0.29, 0.717) is 12.6 Å². The summed E-state index contributed by atoms with van der Waals surface area (Å²) in [6, 6.07) is 20.6. The molecular weight excluding hydrogens is 356 g/mol. The average Bonchev–Trinajstić information content (AvgIpc) is 3.29. The van der Waals surface area contributed by atoms with Crippen LogP contribution in [-0.4, -0.2) is 19.1 Å². The number of anilines is 2. The van der Waals surface area contributed by atoms with Crippen molar-refractivity contribution in [2.45, 2.75) is 25.9 Å². The van der Waals surface area contributed by atoms with E-state index in [1.54, 1.807) is 7.11 Å². The number of ether oxygens (including phenoxy) is 1. The number of thiophene rings is 1. The van der Waals surface area contributed by atoms with Gasteiger partial charge in [0.25, 0.3) is 5.91 Å². The molecule has 0 saturated heterocycles. The molecule has 27 heavy (non-hydrogen) atoms. The molecule has 2 aromatic carbocycles. The van der Waals surface area contributed by atoms with Gasteiger partial charge in [-0.3, -0.25) is 4.79 Å². The molecule has 5 heteroatoms. The number of methoxy groups -OCH3 is 1. The maximum atomic E-state index is 12.6. The largest absolute Gasteiger partial charge is 0.496 e. The van der Waals surface area contributed by atoms with Gasteiger partial charge in [0.2, 0.25) is 0 Å². The van der Waals surface area contributed by atoms with Crippen molar-refractivity contribution in [2.24, 2.45) is 0 Å². The summed E-state index contributed by atoms with van der Waals surface area (Å²) >= 11 is 1.53. The molecule has 4 rings (SSSR count). The second-order valence-corrected chi connectivity index (χ2v) is 7.75. The number of fused-ring (bicyclic) bond motifs is 1. The first-order chi connectivity index (χ1) is 13.2. The van der Waals surface area contributed by atoms with Gasteiger partial charge in [0.05, 0.1) is 17.0 Å². The van der Waals surface area contributed by atoms with Gasteiger partial charge in [0.1, 0.15) is 5.75 Å². The zero-order chi connectivity index (χ0) is 18.8. The van der Waals surface area contributed by atoms with Gasteiger partial charge < -0.3 is 15.0 Å². The molecule has 0 spiro atoms. The molecule has 4 nitrogen and oxygen atoms in total. The third-order valence-electron chi connectivity index (χ3n) is 4.89. The number of hydrogen-bond acceptors (Lipinski definition) is 4. The van der Waals surface area contributed by atoms with Gasteiger partial charge in [-0.05, 0) is 43.2 Å². The van der Waals surface area contributed by atoms with Crippen molar-refractivity contribution in [2.75, 3.05) is 12.0 Å². The maximum Gasteiger partial charge on any atom is 0.261 e. The van der Waals surface area contributed by atoms with Crippen LogP contribution in [0.15, 0.2) is 60.7 Å². The van der Waals surface area contributed by atoms with E-state index in [1.807, 2.05) is 36.4 Å². The van der Waals surface area contributed by atoms with Gasteiger partial charge in [-0.15, -0.1) is 11.3 Å². The predicted molar refractivity (Wildman–Crippen MR) is 110 cm³/mol. The molecule has 1 N–H and O–H groups in total. The summed E-state index contributed by atoms with van der Waals surface area (Å²) in [5.41, 5.74) is 3.57. The topological polar surface area (TPSA) is 41.6 Å². The first-order valence-electron chi connectivity index (χ1n) is 9.04. The highest BCUT2D eigenvalue weighted by molar-refractivity contribution is 7.18. The zero-order valence-electron chi connectivity index (χ0n) is 15.4. The average molecular weight is 378 g/mol. The summed E-state index contributed by atoms with van der Waals surface area (Å²) in [6.07, 6.45) is 1.03. The lowest BCUT2D eigenvalue weighted by atomic mass is 10.1. The number of rotatable bonds is 5. The van der Waals surface area contributed by atoms with E-state index in [4.69, 9.17) is 4.74 Å². The van der Waals surface area contributed by atoms with Crippen LogP contribution in [0.25, 0.3) is 0 Å². The highest BCUT2D eigenvalue weighted by Crippen LogP contribution is 2.41. The van der Waals surface area contributed by atoms with E-state index in [1.165, 1.54) is 22.6 Å². The Morgan fingerprint density at radius 3 is 2.78 bits per heavy atom. The van der Waals surface area contributed by atoms with Crippen LogP contribution in [-0.2, 0) is 13.0 Å². The SMILES string of the molecule is COc1ccccc1CNC(=O)c1ccc(N2c3ccccc3C[C@@H]2C)s1. The smallest absolute Gasteiger partial charge is 0.261 e. The van der Waals surface area contributed by atoms with Crippen molar-refractivity contribution in [3.8, 4) is 5.75 Å². The van der Waals surface area contributed by atoms with Crippen molar-refractivity contribution in [3.63, 3.8) is 0 Å². The summed E-state index contributed by atoms with van der Waals surface area (Å²) in [5, 5.41) is 4.10. The molecular formula is C22H22N2O2S. The normalized spacial score (nSPS) is 15.5. The summed E-state index contributed by atoms with van der Waals surface area (Å²) in [4.78, 5) is 15.7. The summed E-state index contributed by atoms with van der Waals surface area (Å²) in [6.45, 7) is 2.67. The number of carbonyl (C=O) groups excluding carboxylic acids is 1. The van der Waals surface area contributed by atoms with Crippen molar-refractivity contribution in [1.82, 2.24) is 5.32 Å². The van der Waals surface area contributed by atoms with E-state index >= 15 is 0 Å². The van der Waals surface area contributed by atoms with Crippen LogP contribution in [0.4, 0.5) is 10.7 Å². The third kappa shape index (κ3) is 3.43. The van der Waals surface area contributed by atoms with Crippen molar-refractivity contribution in [3.05, 3.63) is 76.7 Å². The summed E-state index contributed by atoms with van der Waals surface area (Å²) in [5.74, 6) is 0.726. The van der Waals surface area contributed by atoms with Crippen molar-refractivity contribution >= 4 is 27.9 Å². The van der Waals surface area contributed by atoms with Gasteiger partial charge in [-0.2, -0.15) is 0 Å². The Labute approximate surface area is 163 Å². The Morgan fingerprint density at radius 1 is 1.15 bits per heavy atom. The first kappa shape index (κ1) is 17.6. The van der Waals surface area contributed by atoms with Crippen molar-refractivity contribution in [1.29, 1.82) is 0 Å². The fourth-order valence-electron chi connectivity index (χ4n) is 3.59. The number of carbonyl (C=O) groups is 1. The summed E-state index contributed by atoms with van der Waals surface area (Å²) < 4.78 is 5.34. The van der Waals surface area contributed by atoms with Gasteiger partial charge >= 0.3 is 0 Å². The Balaban J connectivity index is 1.49. The third-order valence-corrected chi connectivity index (χ3v) is 5.98. The Bertz CT molecular complexity index is 966. The lowest BCUT2D eigenvalue weighted by molar-refractivity contribution is 0.0954. The van der Waals surface area contributed by atoms with Gasteiger partial charge in [-0.25, -0.2) is 0 Å². The highest BCUT2D eigenvalue weighted by atomic mass is 32.1. The number of benzene rings is 2. The van der Waals surface area contributed by atoms with E-state index in [2.05, 4.69) is 41.4 Å². The highest BCUT2D eigenvalue weighted by Gasteiger charge is 2.28. The molecule has 0 radical (unpaired) electrons. The standard InChI is InChI=1S/C22H22N2O2S/c1-15-13-16-7-3-5-9-18(16)24(15)21-12-11-20(27-21)22(25)23-14-17-8-4-6-10-19(17)26-2/h3-12,15H,13-14H2,1-2H3,(H,23,25)/t15-/m0/s1. The number of nitrogens with one attached hydrogen (secondary N) is 1. The monoisotopic (exact) mass is 378 g/mol. The molecule has 0 saturated carbocycles. The van der Waals surface area contributed by atoms with Crippen LogP contribution in [0, 0.1) is 0 Å². The van der Waals surface area contributed by atoms with Gasteiger partial charge in [0.15, 0.2) is 0 Å². The number of para-hydroxylation sites is 2. The lowest BCUT2D eigenvalue weighted by Crippen LogP contribution is -2.23. The fourth-order valence-corrected chi connectivity index (χ4v) is 4.63. The van der Waals surface area contributed by atoms with Crippen molar-refractivity contribution < 1.29 is 9.53 Å². The van der Waals surface area contributed by atoms with Crippen LogP contribution in [0.5, 0.6) is 5.75 Å². The number of nitrogens with zero attached hydrogens (tertiary/aromatic N) is 1. The molecule has 1 aliphatic rings. The number of amides is 1. The molecule has 0 bridgehead atoms. The Hall–Kier alpha value is -2.79. The molecule has 1 aliphatic heterocycles. The minimum atomic E-state index is -0.0581. The zero-order valence-corrected chi connectivity index (χ0v) is 16.3. The summed E-state index contributed by atoms with van der Waals surface area (Å²) in [7, 11) is 1.64. The van der Waals surface area contributed by atoms with Crippen LogP contribution >= 0.6 is 11.3 Å². The maximum absolute atomic E-state index is 12.6. The molecule has 1 atom stereocenters. The molecule has 0 aliphatic carbocycles. The minimum Gasteiger partial charge on any atom is -0.496 e. The molecule has 0 fully saturated rings. The molecule has 1 aromatic heterocycles. The molecule has 0 unspecified atom stereocenters.